The summed E-state index contributed by atoms with van der Waals surface area (Å²) in [6.07, 6.45) is -6.78. The van der Waals surface area contributed by atoms with Crippen LogP contribution < -0.4 is 0 Å². The number of methoxy groups -OCH3 is 1. The Morgan fingerprint density at radius 1 is 0.764 bits per heavy atom. The number of ether oxygens (including phenoxy) is 10. The maximum Gasteiger partial charge on any atom is 0.338 e. The Balaban J connectivity index is 1.48. The van der Waals surface area contributed by atoms with Crippen molar-refractivity contribution in [3.8, 4) is 0 Å². The van der Waals surface area contributed by atoms with Gasteiger partial charge in [0, 0.05) is 7.11 Å². The van der Waals surface area contributed by atoms with Crippen LogP contribution in [0.15, 0.2) is 30.3 Å². The fraction of sp³-hybridized carbons (Fsp3) is 0.821. The van der Waals surface area contributed by atoms with E-state index in [0.717, 1.165) is 0 Å². The highest BCUT2D eigenvalue weighted by atomic mass is 28.5. The molecule has 1 aromatic rings. The molecule has 312 valence electrons. The minimum absolute atomic E-state index is 0.000297. The van der Waals surface area contributed by atoms with Crippen molar-refractivity contribution >= 4 is 23.1 Å². The van der Waals surface area contributed by atoms with Crippen LogP contribution in [0.25, 0.3) is 0 Å². The van der Waals surface area contributed by atoms with Crippen LogP contribution in [0.4, 0.5) is 0 Å². The van der Waals surface area contributed by atoms with Crippen LogP contribution in [-0.4, -0.2) is 123 Å². The molecule has 16 heteroatoms. The summed E-state index contributed by atoms with van der Waals surface area (Å²) in [6, 6.07) is 8.82. The summed E-state index contributed by atoms with van der Waals surface area (Å²) in [7, 11) is -4.63. The molecule has 9 atom stereocenters. The number of rotatable bonds is 9. The largest absolute Gasteiger partial charge is 0.450 e. The summed E-state index contributed by atoms with van der Waals surface area (Å²) in [4.78, 5) is 14.2. The summed E-state index contributed by atoms with van der Waals surface area (Å²) >= 11 is 0. The Labute approximate surface area is 328 Å². The highest BCUT2D eigenvalue weighted by Crippen LogP contribution is 2.51. The molecular formula is C39H64O14Si2. The molecule has 0 amide bonds. The molecule has 14 nitrogen and oxygen atoms in total. The lowest BCUT2D eigenvalue weighted by molar-refractivity contribution is -0.457. The maximum absolute atomic E-state index is 14.2. The van der Waals surface area contributed by atoms with Crippen molar-refractivity contribution in [2.24, 2.45) is 0 Å². The Hall–Kier alpha value is -1.36. The Bertz CT molecular complexity index is 1440. The lowest BCUT2D eigenvalue weighted by atomic mass is 9.96. The fourth-order valence-electron chi connectivity index (χ4n) is 8.59. The molecule has 5 aliphatic heterocycles. The van der Waals surface area contributed by atoms with E-state index in [-0.39, 0.29) is 48.8 Å². The van der Waals surface area contributed by atoms with Gasteiger partial charge in [-0.15, -0.1) is 0 Å². The third-order valence-corrected chi connectivity index (χ3v) is 21.6. The van der Waals surface area contributed by atoms with Gasteiger partial charge in [-0.05, 0) is 62.0 Å². The predicted molar refractivity (Wildman–Crippen MR) is 203 cm³/mol. The molecule has 1 spiro atoms. The van der Waals surface area contributed by atoms with Gasteiger partial charge in [-0.1, -0.05) is 73.6 Å². The molecule has 6 rings (SSSR count). The molecule has 0 saturated carbocycles. The third kappa shape index (κ3) is 8.42. The van der Waals surface area contributed by atoms with Gasteiger partial charge in [-0.3, -0.25) is 0 Å². The highest BCUT2D eigenvalue weighted by molar-refractivity contribution is 6.84. The Morgan fingerprint density at radius 3 is 2.00 bits per heavy atom. The first kappa shape index (κ1) is 43.2. The first-order valence-corrected chi connectivity index (χ1v) is 23.8. The third-order valence-electron chi connectivity index (χ3n) is 11.4. The molecule has 0 unspecified atom stereocenters. The molecule has 55 heavy (non-hydrogen) atoms. The van der Waals surface area contributed by atoms with E-state index in [1.165, 1.54) is 0 Å². The topological polar surface area (TPSA) is 137 Å². The van der Waals surface area contributed by atoms with E-state index in [9.17, 15) is 4.79 Å². The average Bonchev–Trinajstić information content (AvgIpc) is 3.37. The van der Waals surface area contributed by atoms with E-state index in [4.69, 9.17) is 60.3 Å². The van der Waals surface area contributed by atoms with Crippen LogP contribution in [0.2, 0.25) is 22.2 Å². The molecule has 0 N–H and O–H groups in total. The molecule has 0 radical (unpaired) electrons. The van der Waals surface area contributed by atoms with Gasteiger partial charge in [0.05, 0.1) is 18.8 Å². The lowest BCUT2D eigenvalue weighted by Crippen LogP contribution is -2.70. The number of esters is 1. The molecule has 5 fully saturated rings. The van der Waals surface area contributed by atoms with Gasteiger partial charge in [0.15, 0.2) is 24.0 Å². The number of fused-ring (bicyclic) bond motifs is 3. The predicted octanol–water partition coefficient (Wildman–Crippen LogP) is 6.30. The van der Waals surface area contributed by atoms with Crippen LogP contribution in [0, 0.1) is 0 Å². The van der Waals surface area contributed by atoms with Crippen LogP contribution in [0.1, 0.15) is 93.4 Å². The normalized spacial score (nSPS) is 36.7. The fourth-order valence-corrected chi connectivity index (χ4v) is 19.8. The van der Waals surface area contributed by atoms with Gasteiger partial charge in [0.1, 0.15) is 50.0 Å². The molecule has 0 aromatic heterocycles. The smallest absolute Gasteiger partial charge is 0.338 e. The first-order chi connectivity index (χ1) is 25.8. The zero-order valence-electron chi connectivity index (χ0n) is 34.9. The number of hydrogen-bond donors (Lipinski definition) is 0. The monoisotopic (exact) mass is 812 g/mol. The second-order valence-electron chi connectivity index (χ2n) is 17.5. The number of carbonyl (C=O) groups excluding carboxylic acids is 1. The number of hydrogen-bond acceptors (Lipinski definition) is 14. The van der Waals surface area contributed by atoms with E-state index < -0.39 is 89.5 Å². The standard InChI is InChI=1S/C39H64O14Si2/c1-23(2)54(24(3)4)45-20-29-31(52-55(53-54,25(5)6)26(7)8)34(47-35(40)27-17-15-14-16-18-27)39(48-29)21-44-38(11,12)50-33-32(42-22-41-13)30-28(46-36(33)51-39)19-43-37(9,10)49-30/h14-18,23-26,28-34,36H,19-22H2,1-13H3/t28-,29-,30-,31-,32+,33-,34+,36-,39+/m1/s1. The van der Waals surface area contributed by atoms with E-state index in [0.29, 0.717) is 5.56 Å². The molecule has 5 aliphatic rings. The second kappa shape index (κ2) is 16.4. The molecule has 0 aliphatic carbocycles. The molecule has 5 heterocycles. The zero-order chi connectivity index (χ0) is 40.1. The summed E-state index contributed by atoms with van der Waals surface area (Å²) in [5.41, 5.74) is 0.576. The lowest BCUT2D eigenvalue weighted by Gasteiger charge is -2.54. The van der Waals surface area contributed by atoms with Crippen molar-refractivity contribution in [3.63, 3.8) is 0 Å². The summed E-state index contributed by atoms with van der Waals surface area (Å²) < 4.78 is 86.7. The van der Waals surface area contributed by atoms with Crippen LogP contribution >= 0.6 is 0 Å². The van der Waals surface area contributed by atoms with Crippen molar-refractivity contribution in [1.29, 1.82) is 0 Å². The van der Waals surface area contributed by atoms with E-state index in [1.807, 2.05) is 19.9 Å². The molecule has 1 aromatic carbocycles. The van der Waals surface area contributed by atoms with Crippen LogP contribution in [0.3, 0.4) is 0 Å². The van der Waals surface area contributed by atoms with Gasteiger partial charge in [-0.25, -0.2) is 4.79 Å². The van der Waals surface area contributed by atoms with Gasteiger partial charge >= 0.3 is 23.1 Å². The summed E-state index contributed by atoms with van der Waals surface area (Å²) in [5, 5.41) is 0. The van der Waals surface area contributed by atoms with Gasteiger partial charge in [-0.2, -0.15) is 0 Å². The van der Waals surface area contributed by atoms with Crippen molar-refractivity contribution in [2.45, 2.75) is 172 Å². The van der Waals surface area contributed by atoms with Gasteiger partial charge < -0.3 is 60.3 Å². The van der Waals surface area contributed by atoms with E-state index >= 15 is 0 Å². The van der Waals surface area contributed by atoms with Gasteiger partial charge in [0.25, 0.3) is 0 Å². The number of benzene rings is 1. The van der Waals surface area contributed by atoms with Crippen molar-refractivity contribution in [3.05, 3.63) is 35.9 Å². The molecule has 0 bridgehead atoms. The quantitative estimate of drug-likeness (QED) is 0.157. The van der Waals surface area contributed by atoms with Crippen LogP contribution in [0.5, 0.6) is 0 Å². The highest BCUT2D eigenvalue weighted by Gasteiger charge is 2.69. The van der Waals surface area contributed by atoms with Crippen LogP contribution in [-0.2, 0) is 60.3 Å². The SMILES string of the molecule is COCO[C@@H]1[C@H]2OC(C)(C)OC[C@@]3(O[C@H]2O[C@@H]2COC(C)(C)O[C@@H]12)O[C@@H]1CO[Si](C(C)C)(C(C)C)O[Si](C(C)C)(C(C)C)O[C@H]1[C@@H]3OC(=O)c1ccccc1. The van der Waals surface area contributed by atoms with Crippen molar-refractivity contribution in [1.82, 2.24) is 0 Å². The van der Waals surface area contributed by atoms with E-state index in [2.05, 4.69) is 55.4 Å². The second-order valence-corrected chi connectivity index (χ2v) is 26.3. The van der Waals surface area contributed by atoms with Gasteiger partial charge in [0.2, 0.25) is 5.79 Å². The Morgan fingerprint density at radius 2 is 1.38 bits per heavy atom. The summed E-state index contributed by atoms with van der Waals surface area (Å²) in [6.45, 7) is 24.6. The average molecular weight is 813 g/mol. The summed E-state index contributed by atoms with van der Waals surface area (Å²) in [5.74, 6) is -4.47. The minimum atomic E-state index is -3.22. The van der Waals surface area contributed by atoms with Crippen molar-refractivity contribution < 1.29 is 65.1 Å². The maximum atomic E-state index is 14.2. The Kier molecular flexibility index (Phi) is 12.9. The van der Waals surface area contributed by atoms with E-state index in [1.54, 1.807) is 45.2 Å². The zero-order valence-corrected chi connectivity index (χ0v) is 36.9. The minimum Gasteiger partial charge on any atom is -0.450 e. The van der Waals surface area contributed by atoms with Crippen molar-refractivity contribution in [2.75, 3.05) is 33.7 Å². The number of carbonyl (C=O) groups is 1. The molecule has 5 saturated heterocycles. The first-order valence-electron chi connectivity index (χ1n) is 19.8. The molecular weight excluding hydrogens is 749 g/mol.